The van der Waals surface area contributed by atoms with E-state index in [1.165, 1.54) is 6.92 Å². The van der Waals surface area contributed by atoms with Crippen molar-refractivity contribution in [2.45, 2.75) is 61.5 Å². The van der Waals surface area contributed by atoms with Gasteiger partial charge >= 0.3 is 0 Å². The predicted molar refractivity (Wildman–Crippen MR) is 150 cm³/mol. The molecular formula is C26H47Cl2N3O6S. The number of nitrogens with one attached hydrogen (secondary N) is 2. The monoisotopic (exact) mass is 599 g/mol. The van der Waals surface area contributed by atoms with Crippen LogP contribution in [0.15, 0.2) is 0 Å². The van der Waals surface area contributed by atoms with Crippen molar-refractivity contribution in [2.24, 2.45) is 23.7 Å². The van der Waals surface area contributed by atoms with Gasteiger partial charge in [0.15, 0.2) is 0 Å². The maximum atomic E-state index is 12.9. The standard InChI is InChI=1S/C26H47Cl2N3O6S/c1-19(32)29-7-9-35-11-13-37-14-12-36-10-8-30-38(33,34)22-5-3-20(4-6-22)24-17-31(2)18-25-23(24)15-21(27)16-26(25)28/h20-26,30H,3-18H2,1-2H3,(H,29,32). The lowest BCUT2D eigenvalue weighted by atomic mass is 9.63. The van der Waals surface area contributed by atoms with Gasteiger partial charge in [-0.2, -0.15) is 0 Å². The lowest BCUT2D eigenvalue weighted by Crippen LogP contribution is -2.53. The molecule has 0 radical (unpaired) electrons. The minimum absolute atomic E-state index is 0.0757. The number of carbonyl (C=O) groups is 1. The van der Waals surface area contributed by atoms with Gasteiger partial charge in [0.1, 0.15) is 0 Å². The Labute approximate surface area is 239 Å². The van der Waals surface area contributed by atoms with Gasteiger partial charge in [0, 0.05) is 43.9 Å². The van der Waals surface area contributed by atoms with Crippen LogP contribution in [0.5, 0.6) is 0 Å². The Hall–Kier alpha value is -0.200. The summed E-state index contributed by atoms with van der Waals surface area (Å²) < 4.78 is 44.8. The zero-order valence-electron chi connectivity index (χ0n) is 22.9. The zero-order valence-corrected chi connectivity index (χ0v) is 25.2. The molecule has 1 heterocycles. The van der Waals surface area contributed by atoms with Gasteiger partial charge in [-0.05, 0) is 69.2 Å². The molecule has 1 amide bonds. The number of carbonyl (C=O) groups excluding carboxylic acids is 1. The summed E-state index contributed by atoms with van der Waals surface area (Å²) in [6, 6.07) is 0. The van der Waals surface area contributed by atoms with E-state index in [0.717, 1.165) is 38.8 Å². The van der Waals surface area contributed by atoms with E-state index in [9.17, 15) is 13.2 Å². The first-order valence-electron chi connectivity index (χ1n) is 14.1. The average Bonchev–Trinajstić information content (AvgIpc) is 2.87. The van der Waals surface area contributed by atoms with Crippen molar-refractivity contribution in [3.05, 3.63) is 0 Å². The first-order chi connectivity index (χ1) is 18.2. The van der Waals surface area contributed by atoms with E-state index < -0.39 is 10.0 Å². The zero-order chi connectivity index (χ0) is 27.5. The molecule has 12 heteroatoms. The van der Waals surface area contributed by atoms with Crippen LogP contribution in [0.2, 0.25) is 0 Å². The van der Waals surface area contributed by atoms with Gasteiger partial charge in [-0.25, -0.2) is 13.1 Å². The molecule has 3 fully saturated rings. The number of fused-ring (bicyclic) bond motifs is 1. The molecule has 3 aliphatic rings. The van der Waals surface area contributed by atoms with Crippen LogP contribution < -0.4 is 10.0 Å². The number of rotatable bonds is 15. The lowest BCUT2D eigenvalue weighted by Gasteiger charge is -2.51. The molecule has 2 N–H and O–H groups in total. The van der Waals surface area contributed by atoms with Gasteiger partial charge in [0.2, 0.25) is 15.9 Å². The van der Waals surface area contributed by atoms with Crippen LogP contribution >= 0.6 is 23.2 Å². The molecule has 1 saturated heterocycles. The van der Waals surface area contributed by atoms with E-state index in [1.54, 1.807) is 0 Å². The van der Waals surface area contributed by atoms with E-state index >= 15 is 0 Å². The van der Waals surface area contributed by atoms with E-state index in [-0.39, 0.29) is 28.5 Å². The molecule has 5 atom stereocenters. The van der Waals surface area contributed by atoms with Crippen molar-refractivity contribution in [1.82, 2.24) is 14.9 Å². The third kappa shape index (κ3) is 10.3. The Balaban J connectivity index is 1.27. The molecule has 0 aromatic carbocycles. The van der Waals surface area contributed by atoms with Gasteiger partial charge in [0.05, 0.1) is 44.9 Å². The number of likely N-dealkylation sites (tertiary alicyclic amines) is 1. The van der Waals surface area contributed by atoms with E-state index in [4.69, 9.17) is 37.4 Å². The minimum atomic E-state index is -3.36. The maximum Gasteiger partial charge on any atom is 0.216 e. The molecule has 0 aromatic rings. The normalized spacial score (nSPS) is 32.6. The lowest BCUT2D eigenvalue weighted by molar-refractivity contribution is -0.119. The van der Waals surface area contributed by atoms with E-state index in [2.05, 4.69) is 22.0 Å². The number of amides is 1. The van der Waals surface area contributed by atoms with Gasteiger partial charge in [-0.15, -0.1) is 23.2 Å². The smallest absolute Gasteiger partial charge is 0.216 e. The van der Waals surface area contributed by atoms with Crippen LogP contribution in [-0.4, -0.2) is 108 Å². The summed E-state index contributed by atoms with van der Waals surface area (Å²) in [5, 5.41) is 2.61. The SMILES string of the molecule is CC(=O)NCCOCCOCCOCCNS(=O)(=O)C1CCC(C2CN(C)CC3C(Cl)CC(Cl)CC32)CC1. The Morgan fingerprint density at radius 3 is 2.05 bits per heavy atom. The summed E-state index contributed by atoms with van der Waals surface area (Å²) in [6.45, 7) is 6.76. The van der Waals surface area contributed by atoms with E-state index in [1.807, 2.05) is 0 Å². The third-order valence-corrected chi connectivity index (χ3v) is 11.1. The van der Waals surface area contributed by atoms with Gasteiger partial charge in [-0.1, -0.05) is 0 Å². The molecular weight excluding hydrogens is 553 g/mol. The summed E-state index contributed by atoms with van der Waals surface area (Å²) in [5.41, 5.74) is 0. The Bertz CT molecular complexity index is 815. The summed E-state index contributed by atoms with van der Waals surface area (Å²) in [7, 11) is -1.18. The molecule has 3 rings (SSSR count). The van der Waals surface area contributed by atoms with Crippen molar-refractivity contribution in [3.63, 3.8) is 0 Å². The first kappa shape index (κ1) is 32.3. The van der Waals surface area contributed by atoms with Crippen molar-refractivity contribution in [1.29, 1.82) is 0 Å². The second kappa shape index (κ2) is 16.3. The Kier molecular flexibility index (Phi) is 13.9. The van der Waals surface area contributed by atoms with Gasteiger partial charge in [-0.3, -0.25) is 4.79 Å². The number of piperidine rings is 1. The summed E-state index contributed by atoms with van der Waals surface area (Å²) in [5.74, 6) is 2.04. The fourth-order valence-electron chi connectivity index (χ4n) is 6.47. The highest BCUT2D eigenvalue weighted by Crippen LogP contribution is 2.48. The molecule has 38 heavy (non-hydrogen) atoms. The summed E-state index contributed by atoms with van der Waals surface area (Å²) >= 11 is 13.3. The number of ether oxygens (including phenoxy) is 3. The minimum Gasteiger partial charge on any atom is -0.378 e. The van der Waals surface area contributed by atoms with Crippen molar-refractivity contribution in [3.8, 4) is 0 Å². The topological polar surface area (TPSA) is 106 Å². The molecule has 2 saturated carbocycles. The quantitative estimate of drug-likeness (QED) is 0.220. The molecule has 0 spiro atoms. The molecule has 222 valence electrons. The molecule has 0 aromatic heterocycles. The van der Waals surface area contributed by atoms with Crippen LogP contribution in [0.25, 0.3) is 0 Å². The number of nitrogens with zero attached hydrogens (tertiary/aromatic N) is 1. The summed E-state index contributed by atoms with van der Waals surface area (Å²) in [6.07, 6.45) is 5.21. The number of hydrogen-bond acceptors (Lipinski definition) is 7. The average molecular weight is 601 g/mol. The maximum absolute atomic E-state index is 12.9. The van der Waals surface area contributed by atoms with Crippen LogP contribution in [-0.2, 0) is 29.0 Å². The Morgan fingerprint density at radius 1 is 0.842 bits per heavy atom. The fraction of sp³-hybridized carbons (Fsp3) is 0.962. The van der Waals surface area contributed by atoms with Crippen molar-refractivity contribution >= 4 is 39.1 Å². The number of halogens is 2. The van der Waals surface area contributed by atoms with Crippen LogP contribution in [0.4, 0.5) is 0 Å². The summed E-state index contributed by atoms with van der Waals surface area (Å²) in [4.78, 5) is 13.2. The Morgan fingerprint density at radius 2 is 1.42 bits per heavy atom. The number of sulfonamides is 1. The van der Waals surface area contributed by atoms with Crippen LogP contribution in [0.1, 0.15) is 45.4 Å². The van der Waals surface area contributed by atoms with E-state index in [0.29, 0.717) is 82.7 Å². The number of alkyl halides is 2. The second-order valence-corrected chi connectivity index (χ2v) is 14.3. The van der Waals surface area contributed by atoms with Gasteiger partial charge in [0.25, 0.3) is 0 Å². The molecule has 5 unspecified atom stereocenters. The molecule has 2 aliphatic carbocycles. The molecule has 1 aliphatic heterocycles. The molecule has 0 bridgehead atoms. The highest BCUT2D eigenvalue weighted by molar-refractivity contribution is 7.90. The van der Waals surface area contributed by atoms with Crippen molar-refractivity contribution in [2.75, 3.05) is 72.9 Å². The third-order valence-electron chi connectivity index (χ3n) is 8.30. The van der Waals surface area contributed by atoms with Crippen molar-refractivity contribution < 1.29 is 27.4 Å². The highest BCUT2D eigenvalue weighted by atomic mass is 35.5. The largest absolute Gasteiger partial charge is 0.378 e. The predicted octanol–water partition coefficient (Wildman–Crippen LogP) is 2.45. The second-order valence-electron chi connectivity index (χ2n) is 11.1. The fourth-order valence-corrected chi connectivity index (χ4v) is 8.93. The highest BCUT2D eigenvalue weighted by Gasteiger charge is 2.47. The van der Waals surface area contributed by atoms with Crippen LogP contribution in [0.3, 0.4) is 0 Å². The van der Waals surface area contributed by atoms with Gasteiger partial charge < -0.3 is 24.4 Å². The first-order valence-corrected chi connectivity index (χ1v) is 16.5. The van der Waals surface area contributed by atoms with Crippen LogP contribution in [0, 0.1) is 23.7 Å². The number of hydrogen-bond donors (Lipinski definition) is 2. The molecule has 9 nitrogen and oxygen atoms in total.